The van der Waals surface area contributed by atoms with Gasteiger partial charge in [0.15, 0.2) is 0 Å². The highest BCUT2D eigenvalue weighted by molar-refractivity contribution is 7.90. The van der Waals surface area contributed by atoms with Gasteiger partial charge < -0.3 is 4.74 Å². The number of carbonyl (C=O) groups excluding carboxylic acids is 1. The molecular weight excluding hydrogens is 254 g/mol. The summed E-state index contributed by atoms with van der Waals surface area (Å²) in [7, 11) is -0.975. The number of rotatable bonds is 2. The van der Waals surface area contributed by atoms with Crippen molar-refractivity contribution in [1.82, 2.24) is 4.31 Å². The van der Waals surface area contributed by atoms with Crippen molar-refractivity contribution < 1.29 is 17.9 Å². The Hall–Kier alpha value is -1.56. The van der Waals surface area contributed by atoms with Crippen LogP contribution in [0.4, 0.5) is 0 Å². The van der Waals surface area contributed by atoms with E-state index in [1.165, 1.54) is 20.2 Å². The Balaban J connectivity index is 2.85. The molecule has 5 nitrogen and oxygen atoms in total. The summed E-state index contributed by atoms with van der Waals surface area (Å²) >= 11 is 0. The third kappa shape index (κ3) is 1.59. The second-order valence-electron chi connectivity index (χ2n) is 4.52. The molecule has 0 N–H and O–H groups in total. The predicted molar refractivity (Wildman–Crippen MR) is 66.4 cm³/mol. The molecule has 0 atom stereocenters. The quantitative estimate of drug-likeness (QED) is 0.818. The van der Waals surface area contributed by atoms with E-state index in [2.05, 4.69) is 0 Å². The Morgan fingerprint density at radius 1 is 1.28 bits per heavy atom. The molecule has 18 heavy (non-hydrogen) atoms. The zero-order valence-corrected chi connectivity index (χ0v) is 11.5. The van der Waals surface area contributed by atoms with E-state index in [-0.39, 0.29) is 16.4 Å². The molecule has 1 aromatic rings. The summed E-state index contributed by atoms with van der Waals surface area (Å²) in [6, 6.07) is 3.12. The lowest BCUT2D eigenvalue weighted by Gasteiger charge is -2.11. The number of amides is 1. The first kappa shape index (κ1) is 12.9. The van der Waals surface area contributed by atoms with Crippen LogP contribution in [0.2, 0.25) is 0 Å². The monoisotopic (exact) mass is 269 g/mol. The van der Waals surface area contributed by atoms with Gasteiger partial charge in [-0.2, -0.15) is 0 Å². The van der Waals surface area contributed by atoms with Crippen molar-refractivity contribution in [3.63, 3.8) is 0 Å². The number of benzene rings is 1. The van der Waals surface area contributed by atoms with Crippen molar-refractivity contribution in [2.75, 3.05) is 14.2 Å². The summed E-state index contributed by atoms with van der Waals surface area (Å²) in [5, 5.41) is 0. The van der Waals surface area contributed by atoms with Crippen molar-refractivity contribution in [3.8, 4) is 5.75 Å². The largest absolute Gasteiger partial charge is 0.497 e. The highest BCUT2D eigenvalue weighted by Crippen LogP contribution is 2.37. The molecule has 0 fully saturated rings. The number of sulfonamides is 1. The van der Waals surface area contributed by atoms with Crippen LogP contribution in [-0.2, 0) is 10.0 Å². The second-order valence-corrected chi connectivity index (χ2v) is 6.46. The molecule has 1 heterocycles. The zero-order valence-electron chi connectivity index (χ0n) is 10.7. The molecule has 0 aliphatic carbocycles. The third-order valence-corrected chi connectivity index (χ3v) is 4.87. The van der Waals surface area contributed by atoms with Crippen LogP contribution in [0.1, 0.15) is 35.7 Å². The van der Waals surface area contributed by atoms with Crippen molar-refractivity contribution in [2.24, 2.45) is 0 Å². The zero-order chi connectivity index (χ0) is 13.7. The van der Waals surface area contributed by atoms with Crippen LogP contribution in [0.25, 0.3) is 0 Å². The highest BCUT2D eigenvalue weighted by atomic mass is 32.2. The lowest BCUT2D eigenvalue weighted by Crippen LogP contribution is -2.25. The number of methoxy groups -OCH3 is 1. The van der Waals surface area contributed by atoms with Crippen molar-refractivity contribution in [1.29, 1.82) is 0 Å². The second kappa shape index (κ2) is 3.98. The normalized spacial score (nSPS) is 17.2. The Morgan fingerprint density at radius 3 is 2.39 bits per heavy atom. The minimum absolute atomic E-state index is 0.0399. The topological polar surface area (TPSA) is 63.7 Å². The molecule has 0 spiro atoms. The summed E-state index contributed by atoms with van der Waals surface area (Å²) in [6.07, 6.45) is 0. The van der Waals surface area contributed by atoms with Crippen LogP contribution in [0.3, 0.4) is 0 Å². The minimum Gasteiger partial charge on any atom is -0.497 e. The number of hydrogen-bond donors (Lipinski definition) is 0. The third-order valence-electron chi connectivity index (χ3n) is 3.10. The molecule has 2 rings (SSSR count). The SMILES string of the molecule is COc1cc(C(C)C)c2c(c1)S(=O)(=O)N(C)C2=O. The van der Waals surface area contributed by atoms with Crippen LogP contribution in [0.5, 0.6) is 5.75 Å². The first-order valence-corrected chi connectivity index (χ1v) is 7.00. The van der Waals surface area contributed by atoms with Crippen LogP contribution >= 0.6 is 0 Å². The highest BCUT2D eigenvalue weighted by Gasteiger charge is 2.41. The standard InChI is InChI=1S/C12H15NO4S/c1-7(2)9-5-8(17-4)6-10-11(9)12(14)13(3)18(10,15)16/h5-7H,1-4H3. The van der Waals surface area contributed by atoms with E-state index in [9.17, 15) is 13.2 Å². The van der Waals surface area contributed by atoms with E-state index in [1.807, 2.05) is 13.8 Å². The van der Waals surface area contributed by atoms with E-state index < -0.39 is 15.9 Å². The average molecular weight is 269 g/mol. The van der Waals surface area contributed by atoms with Gasteiger partial charge in [0, 0.05) is 13.1 Å². The number of hydrogen-bond acceptors (Lipinski definition) is 4. The van der Waals surface area contributed by atoms with E-state index in [0.717, 1.165) is 4.31 Å². The molecule has 0 unspecified atom stereocenters. The molecule has 0 aromatic heterocycles. The Morgan fingerprint density at radius 2 is 1.89 bits per heavy atom. The Bertz CT molecular complexity index is 619. The molecule has 0 saturated heterocycles. The molecule has 1 aliphatic heterocycles. The molecule has 0 bridgehead atoms. The molecule has 98 valence electrons. The van der Waals surface area contributed by atoms with Gasteiger partial charge in [-0.25, -0.2) is 12.7 Å². The summed E-state index contributed by atoms with van der Waals surface area (Å²) in [6.45, 7) is 3.82. The predicted octanol–water partition coefficient (Wildman–Crippen LogP) is 1.59. The summed E-state index contributed by atoms with van der Waals surface area (Å²) in [5.41, 5.74) is 0.968. The molecule has 1 aromatic carbocycles. The van der Waals surface area contributed by atoms with Crippen molar-refractivity contribution in [3.05, 3.63) is 23.3 Å². The number of carbonyl (C=O) groups is 1. The van der Waals surface area contributed by atoms with E-state index >= 15 is 0 Å². The Kier molecular flexibility index (Phi) is 2.85. The Labute approximate surface area is 106 Å². The van der Waals surface area contributed by atoms with Gasteiger partial charge in [0.25, 0.3) is 15.9 Å². The molecule has 1 aliphatic rings. The van der Waals surface area contributed by atoms with Gasteiger partial charge in [0.05, 0.1) is 12.7 Å². The van der Waals surface area contributed by atoms with Gasteiger partial charge in [-0.1, -0.05) is 13.8 Å². The lowest BCUT2D eigenvalue weighted by atomic mass is 9.96. The molecule has 1 amide bonds. The number of nitrogens with zero attached hydrogens (tertiary/aromatic N) is 1. The smallest absolute Gasteiger partial charge is 0.269 e. The van der Waals surface area contributed by atoms with Gasteiger partial charge in [-0.15, -0.1) is 0 Å². The van der Waals surface area contributed by atoms with Crippen LogP contribution < -0.4 is 4.74 Å². The van der Waals surface area contributed by atoms with E-state index in [1.54, 1.807) is 6.07 Å². The number of fused-ring (bicyclic) bond motifs is 1. The molecular formula is C12H15NO4S. The molecule has 6 heteroatoms. The lowest BCUT2D eigenvalue weighted by molar-refractivity contribution is 0.0890. The molecule has 0 radical (unpaired) electrons. The fraction of sp³-hybridized carbons (Fsp3) is 0.417. The van der Waals surface area contributed by atoms with Gasteiger partial charge in [0.2, 0.25) is 0 Å². The summed E-state index contributed by atoms with van der Waals surface area (Å²) in [4.78, 5) is 12.1. The van der Waals surface area contributed by atoms with Crippen LogP contribution in [0.15, 0.2) is 17.0 Å². The fourth-order valence-electron chi connectivity index (χ4n) is 2.03. The average Bonchev–Trinajstić information content (AvgIpc) is 2.50. The van der Waals surface area contributed by atoms with E-state index in [0.29, 0.717) is 11.3 Å². The molecule has 0 saturated carbocycles. The maximum atomic E-state index is 12.1. The van der Waals surface area contributed by atoms with Gasteiger partial charge in [-0.3, -0.25) is 4.79 Å². The van der Waals surface area contributed by atoms with Gasteiger partial charge in [-0.05, 0) is 17.5 Å². The fourth-order valence-corrected chi connectivity index (χ4v) is 3.36. The van der Waals surface area contributed by atoms with E-state index in [4.69, 9.17) is 4.74 Å². The summed E-state index contributed by atoms with van der Waals surface area (Å²) < 4.78 is 30.1. The van der Waals surface area contributed by atoms with Crippen molar-refractivity contribution in [2.45, 2.75) is 24.7 Å². The van der Waals surface area contributed by atoms with Crippen LogP contribution in [-0.4, -0.2) is 32.8 Å². The van der Waals surface area contributed by atoms with Crippen molar-refractivity contribution >= 4 is 15.9 Å². The first-order chi connectivity index (χ1) is 8.30. The van der Waals surface area contributed by atoms with Crippen LogP contribution in [0, 0.1) is 0 Å². The number of ether oxygens (including phenoxy) is 1. The summed E-state index contributed by atoms with van der Waals surface area (Å²) in [5.74, 6) is 0.0139. The van der Waals surface area contributed by atoms with Gasteiger partial charge in [0.1, 0.15) is 10.6 Å². The maximum Gasteiger partial charge on any atom is 0.269 e. The first-order valence-electron chi connectivity index (χ1n) is 5.56. The maximum absolute atomic E-state index is 12.1. The minimum atomic E-state index is -3.72. The van der Waals surface area contributed by atoms with Gasteiger partial charge >= 0.3 is 0 Å².